The third-order valence-corrected chi connectivity index (χ3v) is 4.39. The Labute approximate surface area is 115 Å². The van der Waals surface area contributed by atoms with Crippen molar-refractivity contribution in [3.8, 4) is 11.5 Å². The van der Waals surface area contributed by atoms with Crippen LogP contribution in [0.1, 0.15) is 25.3 Å². The highest BCUT2D eigenvalue weighted by atomic mass is 79.9. The van der Waals surface area contributed by atoms with Gasteiger partial charge in [0.15, 0.2) is 11.5 Å². The molecular formula is C14H17BrO3. The number of ether oxygens (including phenoxy) is 2. The molecule has 1 unspecified atom stereocenters. The van der Waals surface area contributed by atoms with Crippen LogP contribution in [-0.2, 0) is 6.42 Å². The minimum absolute atomic E-state index is 0.260. The van der Waals surface area contributed by atoms with Crippen molar-refractivity contribution in [1.29, 1.82) is 0 Å². The van der Waals surface area contributed by atoms with Crippen molar-refractivity contribution in [2.24, 2.45) is 5.41 Å². The lowest BCUT2D eigenvalue weighted by atomic mass is 10.1. The zero-order valence-corrected chi connectivity index (χ0v) is 12.0. The van der Waals surface area contributed by atoms with Gasteiger partial charge in [-0.15, -0.1) is 0 Å². The largest absolute Gasteiger partial charge is 0.489 e. The maximum absolute atomic E-state index is 9.49. The third-order valence-electron chi connectivity index (χ3n) is 3.65. The van der Waals surface area contributed by atoms with Gasteiger partial charge in [0.05, 0.1) is 19.3 Å². The van der Waals surface area contributed by atoms with Gasteiger partial charge in [0.2, 0.25) is 0 Å². The highest BCUT2D eigenvalue weighted by Crippen LogP contribution is 2.49. The van der Waals surface area contributed by atoms with Crippen LogP contribution in [0.5, 0.6) is 11.5 Å². The van der Waals surface area contributed by atoms with Gasteiger partial charge in [-0.3, -0.25) is 0 Å². The van der Waals surface area contributed by atoms with E-state index in [0.29, 0.717) is 6.42 Å². The molecule has 3 nitrogen and oxygen atoms in total. The number of halogens is 1. The molecule has 1 aromatic rings. The Hall–Kier alpha value is -0.740. The Morgan fingerprint density at radius 3 is 2.44 bits per heavy atom. The molecule has 1 aliphatic heterocycles. The maximum atomic E-state index is 9.49. The summed E-state index contributed by atoms with van der Waals surface area (Å²) in [6.45, 7) is 3.28. The Morgan fingerprint density at radius 2 is 1.89 bits per heavy atom. The molecular weight excluding hydrogens is 296 g/mol. The first-order valence-electron chi connectivity index (χ1n) is 6.34. The number of benzene rings is 1. The smallest absolute Gasteiger partial charge is 0.162 e. The zero-order chi connectivity index (χ0) is 12.8. The summed E-state index contributed by atoms with van der Waals surface area (Å²) >= 11 is 3.53. The second kappa shape index (κ2) is 4.42. The molecule has 1 atom stereocenters. The predicted octanol–water partition coefficient (Wildman–Crippen LogP) is 2.92. The van der Waals surface area contributed by atoms with Crippen LogP contribution in [-0.4, -0.2) is 24.4 Å². The molecule has 0 amide bonds. The average Bonchev–Trinajstić information content (AvgIpc) is 3.09. The van der Waals surface area contributed by atoms with E-state index in [0.717, 1.165) is 34.7 Å². The first-order chi connectivity index (χ1) is 8.58. The molecule has 1 aliphatic carbocycles. The van der Waals surface area contributed by atoms with E-state index in [4.69, 9.17) is 9.47 Å². The lowest BCUT2D eigenvalue weighted by Gasteiger charge is -2.12. The Morgan fingerprint density at radius 1 is 1.28 bits per heavy atom. The number of aliphatic hydroxyl groups excluding tert-OH is 1. The van der Waals surface area contributed by atoms with Crippen molar-refractivity contribution < 1.29 is 14.6 Å². The summed E-state index contributed by atoms with van der Waals surface area (Å²) in [4.78, 5) is 0. The van der Waals surface area contributed by atoms with Gasteiger partial charge < -0.3 is 14.6 Å². The van der Waals surface area contributed by atoms with Crippen molar-refractivity contribution in [3.05, 3.63) is 22.2 Å². The summed E-state index contributed by atoms with van der Waals surface area (Å²) in [5, 5.41) is 9.49. The highest BCUT2D eigenvalue weighted by Gasteiger charge is 2.46. The van der Waals surface area contributed by atoms with E-state index < -0.39 is 0 Å². The number of hydrogen-bond acceptors (Lipinski definition) is 3. The summed E-state index contributed by atoms with van der Waals surface area (Å²) in [6, 6.07) is 3.93. The molecule has 2 aliphatic rings. The quantitative estimate of drug-likeness (QED) is 0.912. The van der Waals surface area contributed by atoms with Gasteiger partial charge >= 0.3 is 0 Å². The van der Waals surface area contributed by atoms with E-state index in [9.17, 15) is 5.11 Å². The van der Waals surface area contributed by atoms with Crippen LogP contribution < -0.4 is 9.47 Å². The molecule has 1 N–H and O–H groups in total. The lowest BCUT2D eigenvalue weighted by molar-refractivity contribution is 0.194. The van der Waals surface area contributed by atoms with E-state index in [-0.39, 0.29) is 11.5 Å². The fourth-order valence-electron chi connectivity index (χ4n) is 2.25. The SMILES string of the molecule is CC(O)Cc1cc2c(cc1Br)OCC1(CC1)CO2. The summed E-state index contributed by atoms with van der Waals surface area (Å²) in [7, 11) is 0. The van der Waals surface area contributed by atoms with Gasteiger partial charge in [-0.2, -0.15) is 0 Å². The molecule has 3 rings (SSSR count). The topological polar surface area (TPSA) is 38.7 Å². The summed E-state index contributed by atoms with van der Waals surface area (Å²) in [6.07, 6.45) is 2.65. The molecule has 1 aromatic carbocycles. The van der Waals surface area contributed by atoms with Crippen molar-refractivity contribution in [1.82, 2.24) is 0 Å². The molecule has 98 valence electrons. The van der Waals surface area contributed by atoms with E-state index in [1.807, 2.05) is 12.1 Å². The van der Waals surface area contributed by atoms with Crippen LogP contribution in [0.3, 0.4) is 0 Å². The molecule has 1 heterocycles. The highest BCUT2D eigenvalue weighted by molar-refractivity contribution is 9.10. The second-order valence-corrected chi connectivity index (χ2v) is 6.38. The van der Waals surface area contributed by atoms with Crippen LogP contribution in [0.15, 0.2) is 16.6 Å². The van der Waals surface area contributed by atoms with Gasteiger partial charge in [-0.25, -0.2) is 0 Å². The predicted molar refractivity (Wildman–Crippen MR) is 72.2 cm³/mol. The standard InChI is InChI=1S/C14H17BrO3/c1-9(16)4-10-5-12-13(6-11(10)15)18-8-14(2-3-14)7-17-12/h5-6,9,16H,2-4,7-8H2,1H3. The average molecular weight is 313 g/mol. The van der Waals surface area contributed by atoms with Crippen LogP contribution in [0.4, 0.5) is 0 Å². The van der Waals surface area contributed by atoms with Crippen molar-refractivity contribution in [2.75, 3.05) is 13.2 Å². The van der Waals surface area contributed by atoms with E-state index in [1.165, 1.54) is 12.8 Å². The van der Waals surface area contributed by atoms with E-state index >= 15 is 0 Å². The van der Waals surface area contributed by atoms with Crippen molar-refractivity contribution in [3.63, 3.8) is 0 Å². The van der Waals surface area contributed by atoms with Crippen LogP contribution in [0.25, 0.3) is 0 Å². The molecule has 1 saturated carbocycles. The van der Waals surface area contributed by atoms with Gasteiger partial charge in [0.1, 0.15) is 0 Å². The minimum Gasteiger partial charge on any atom is -0.489 e. The second-order valence-electron chi connectivity index (χ2n) is 5.52. The fourth-order valence-corrected chi connectivity index (χ4v) is 2.73. The molecule has 1 fully saturated rings. The first kappa shape index (κ1) is 12.3. The van der Waals surface area contributed by atoms with E-state index in [1.54, 1.807) is 6.92 Å². The summed E-state index contributed by atoms with van der Waals surface area (Å²) < 4.78 is 12.7. The van der Waals surface area contributed by atoms with Gasteiger partial charge in [0, 0.05) is 9.89 Å². The summed E-state index contributed by atoms with van der Waals surface area (Å²) in [5.74, 6) is 1.61. The van der Waals surface area contributed by atoms with Gasteiger partial charge in [-0.05, 0) is 43.9 Å². The maximum Gasteiger partial charge on any atom is 0.162 e. The summed E-state index contributed by atoms with van der Waals surface area (Å²) in [5.41, 5.74) is 1.31. The Kier molecular flexibility index (Phi) is 3.02. The fraction of sp³-hybridized carbons (Fsp3) is 0.571. The number of aliphatic hydroxyl groups is 1. The number of rotatable bonds is 2. The molecule has 0 bridgehead atoms. The van der Waals surface area contributed by atoms with Crippen LogP contribution in [0.2, 0.25) is 0 Å². The van der Waals surface area contributed by atoms with Gasteiger partial charge in [-0.1, -0.05) is 15.9 Å². The molecule has 4 heteroatoms. The van der Waals surface area contributed by atoms with Gasteiger partial charge in [0.25, 0.3) is 0 Å². The normalized spacial score (nSPS) is 21.5. The Bertz CT molecular complexity index is 466. The molecule has 0 saturated heterocycles. The van der Waals surface area contributed by atoms with Crippen molar-refractivity contribution >= 4 is 15.9 Å². The zero-order valence-electron chi connectivity index (χ0n) is 10.4. The third kappa shape index (κ3) is 2.36. The molecule has 0 radical (unpaired) electrons. The monoisotopic (exact) mass is 312 g/mol. The molecule has 18 heavy (non-hydrogen) atoms. The first-order valence-corrected chi connectivity index (χ1v) is 7.13. The van der Waals surface area contributed by atoms with Crippen molar-refractivity contribution in [2.45, 2.75) is 32.3 Å². The molecule has 0 aromatic heterocycles. The van der Waals surface area contributed by atoms with E-state index in [2.05, 4.69) is 15.9 Å². The van der Waals surface area contributed by atoms with Crippen LogP contribution in [0, 0.1) is 5.41 Å². The van der Waals surface area contributed by atoms with Crippen LogP contribution >= 0.6 is 15.9 Å². The number of hydrogen-bond donors (Lipinski definition) is 1. The molecule has 1 spiro atoms. The number of fused-ring (bicyclic) bond motifs is 1. The Balaban J connectivity index is 1.88. The minimum atomic E-state index is -0.360. The lowest BCUT2D eigenvalue weighted by Crippen LogP contribution is -2.17.